The number of aromatic nitrogens is 1. The molecule has 1 aromatic heterocycles. The molecule has 4 nitrogen and oxygen atoms in total. The van der Waals surface area contributed by atoms with Gasteiger partial charge in [-0.15, -0.1) is 0 Å². The number of ether oxygens (including phenoxy) is 3. The van der Waals surface area contributed by atoms with Crippen LogP contribution in [0.5, 0.6) is 11.6 Å². The molecule has 0 unspecified atom stereocenters. The van der Waals surface area contributed by atoms with Crippen molar-refractivity contribution in [3.8, 4) is 22.8 Å². The second-order valence-electron chi connectivity index (χ2n) is 9.28. The number of nitrogens with zero attached hydrogens (tertiary/aromatic N) is 1. The molecule has 0 spiro atoms. The number of halogens is 1. The highest BCUT2D eigenvalue weighted by atomic mass is 35.5. The molecule has 0 saturated heterocycles. The Labute approximate surface area is 229 Å². The molecular formula is C33H30ClNO3. The van der Waals surface area contributed by atoms with Crippen LogP contribution in [0.1, 0.15) is 29.7 Å². The van der Waals surface area contributed by atoms with Crippen LogP contribution in [0.15, 0.2) is 115 Å². The zero-order chi connectivity index (χ0) is 26.3. The molecule has 0 amide bonds. The van der Waals surface area contributed by atoms with Gasteiger partial charge in [-0.3, -0.25) is 0 Å². The molecule has 1 aliphatic heterocycles. The number of hydrogen-bond acceptors (Lipinski definition) is 4. The average Bonchev–Trinajstić information content (AvgIpc) is 2.96. The highest BCUT2D eigenvalue weighted by Gasteiger charge is 2.33. The van der Waals surface area contributed by atoms with Crippen LogP contribution in [0.4, 0.5) is 0 Å². The lowest BCUT2D eigenvalue weighted by atomic mass is 9.91. The molecule has 4 aromatic rings. The summed E-state index contributed by atoms with van der Waals surface area (Å²) in [5.74, 6) is 1.06. The van der Waals surface area contributed by atoms with Crippen LogP contribution >= 0.6 is 11.6 Å². The molecule has 3 aromatic carbocycles. The third-order valence-electron chi connectivity index (χ3n) is 6.55. The minimum absolute atomic E-state index is 0.0292. The summed E-state index contributed by atoms with van der Waals surface area (Å²) in [5.41, 5.74) is 5.52. The lowest BCUT2D eigenvalue weighted by molar-refractivity contribution is 0.0283. The Morgan fingerprint density at radius 1 is 0.895 bits per heavy atom. The van der Waals surface area contributed by atoms with E-state index in [0.717, 1.165) is 33.4 Å². The largest absolute Gasteiger partial charge is 0.488 e. The van der Waals surface area contributed by atoms with Crippen molar-refractivity contribution in [2.24, 2.45) is 5.92 Å². The van der Waals surface area contributed by atoms with Crippen LogP contribution in [-0.4, -0.2) is 11.6 Å². The lowest BCUT2D eigenvalue weighted by Crippen LogP contribution is -2.21. The van der Waals surface area contributed by atoms with Gasteiger partial charge < -0.3 is 14.2 Å². The van der Waals surface area contributed by atoms with Crippen LogP contribution in [0.2, 0.25) is 5.15 Å². The molecule has 2 heterocycles. The molecule has 0 aliphatic carbocycles. The van der Waals surface area contributed by atoms with Crippen molar-refractivity contribution in [3.63, 3.8) is 0 Å². The van der Waals surface area contributed by atoms with Gasteiger partial charge in [0.2, 0.25) is 5.88 Å². The predicted molar refractivity (Wildman–Crippen MR) is 152 cm³/mol. The lowest BCUT2D eigenvalue weighted by Gasteiger charge is -2.31. The normalized spacial score (nSPS) is 16.9. The minimum Gasteiger partial charge on any atom is -0.488 e. The van der Waals surface area contributed by atoms with Gasteiger partial charge >= 0.3 is 0 Å². The van der Waals surface area contributed by atoms with E-state index in [4.69, 9.17) is 30.8 Å². The van der Waals surface area contributed by atoms with E-state index in [9.17, 15) is 0 Å². The Morgan fingerprint density at radius 3 is 2.05 bits per heavy atom. The first-order valence-corrected chi connectivity index (χ1v) is 13.1. The maximum atomic E-state index is 6.89. The van der Waals surface area contributed by atoms with Crippen molar-refractivity contribution in [1.29, 1.82) is 0 Å². The molecule has 0 radical (unpaired) electrons. The summed E-state index contributed by atoms with van der Waals surface area (Å²) < 4.78 is 19.4. The Morgan fingerprint density at radius 2 is 1.47 bits per heavy atom. The molecule has 5 rings (SSSR count). The van der Waals surface area contributed by atoms with Gasteiger partial charge in [0.1, 0.15) is 24.1 Å². The summed E-state index contributed by atoms with van der Waals surface area (Å²) in [6, 6.07) is 30.0. The monoisotopic (exact) mass is 523 g/mol. The van der Waals surface area contributed by atoms with Crippen molar-refractivity contribution in [2.45, 2.75) is 26.2 Å². The van der Waals surface area contributed by atoms with Crippen molar-refractivity contribution >= 4 is 11.6 Å². The van der Waals surface area contributed by atoms with E-state index in [1.165, 1.54) is 0 Å². The van der Waals surface area contributed by atoms with E-state index in [2.05, 4.69) is 19.6 Å². The summed E-state index contributed by atoms with van der Waals surface area (Å²) in [6.45, 7) is 7.18. The topological polar surface area (TPSA) is 40.6 Å². The van der Waals surface area contributed by atoms with Crippen LogP contribution in [-0.2, 0) is 18.0 Å². The van der Waals surface area contributed by atoms with Crippen molar-refractivity contribution < 1.29 is 14.2 Å². The van der Waals surface area contributed by atoms with E-state index < -0.39 is 0 Å². The first-order valence-electron chi connectivity index (χ1n) is 12.7. The zero-order valence-corrected chi connectivity index (χ0v) is 22.1. The van der Waals surface area contributed by atoms with Gasteiger partial charge in [-0.05, 0) is 22.3 Å². The number of pyridine rings is 1. The summed E-state index contributed by atoms with van der Waals surface area (Å²) >= 11 is 6.89. The van der Waals surface area contributed by atoms with Crippen LogP contribution in [0, 0.1) is 5.92 Å². The fourth-order valence-corrected chi connectivity index (χ4v) is 4.91. The molecule has 1 aliphatic rings. The fourth-order valence-electron chi connectivity index (χ4n) is 4.64. The molecule has 0 N–H and O–H groups in total. The second kappa shape index (κ2) is 12.1. The van der Waals surface area contributed by atoms with E-state index in [0.29, 0.717) is 36.6 Å². The van der Waals surface area contributed by atoms with E-state index in [1.807, 2.05) is 97.1 Å². The molecule has 38 heavy (non-hydrogen) atoms. The third-order valence-corrected chi connectivity index (χ3v) is 6.82. The van der Waals surface area contributed by atoms with Crippen LogP contribution in [0.3, 0.4) is 0 Å². The van der Waals surface area contributed by atoms with Gasteiger partial charge in [0.25, 0.3) is 0 Å². The Balaban J connectivity index is 1.66. The van der Waals surface area contributed by atoms with Gasteiger partial charge in [0.15, 0.2) is 0 Å². The maximum absolute atomic E-state index is 6.89. The summed E-state index contributed by atoms with van der Waals surface area (Å²) in [4.78, 5) is 4.77. The Kier molecular flexibility index (Phi) is 8.22. The maximum Gasteiger partial charge on any atom is 0.224 e. The van der Waals surface area contributed by atoms with Crippen molar-refractivity contribution in [3.05, 3.63) is 137 Å². The first kappa shape index (κ1) is 25.8. The quantitative estimate of drug-likeness (QED) is 0.206. The van der Waals surface area contributed by atoms with Crippen LogP contribution in [0.25, 0.3) is 11.1 Å². The minimum atomic E-state index is -0.345. The average molecular weight is 524 g/mol. The predicted octanol–water partition coefficient (Wildman–Crippen LogP) is 8.38. The van der Waals surface area contributed by atoms with Gasteiger partial charge in [0, 0.05) is 5.92 Å². The molecule has 0 fully saturated rings. The summed E-state index contributed by atoms with van der Waals surface area (Å²) in [7, 11) is 0. The SMILES string of the molecule is C=CC1=C[C@@H](C)[C@H](c2c(OCc3ccccc3)nc(Cl)c(-c3ccccc3)c2OCc2ccccc2)OC1. The molecule has 0 bridgehead atoms. The summed E-state index contributed by atoms with van der Waals surface area (Å²) in [5, 5.41) is 0.317. The summed E-state index contributed by atoms with van der Waals surface area (Å²) in [6.07, 6.45) is 3.67. The number of benzene rings is 3. The van der Waals surface area contributed by atoms with E-state index >= 15 is 0 Å². The van der Waals surface area contributed by atoms with Gasteiger partial charge in [-0.1, -0.05) is 128 Å². The third kappa shape index (κ3) is 5.83. The smallest absolute Gasteiger partial charge is 0.224 e. The zero-order valence-electron chi connectivity index (χ0n) is 21.3. The highest BCUT2D eigenvalue weighted by molar-refractivity contribution is 6.32. The molecule has 192 valence electrons. The number of hydrogen-bond donors (Lipinski definition) is 0. The highest BCUT2D eigenvalue weighted by Crippen LogP contribution is 2.49. The first-order chi connectivity index (χ1) is 18.6. The van der Waals surface area contributed by atoms with Gasteiger partial charge in [-0.2, -0.15) is 0 Å². The molecule has 0 saturated carbocycles. The van der Waals surface area contributed by atoms with Crippen molar-refractivity contribution in [2.75, 3.05) is 6.61 Å². The van der Waals surface area contributed by atoms with E-state index in [1.54, 1.807) is 0 Å². The Hall–Kier alpha value is -3.86. The number of rotatable bonds is 9. The van der Waals surface area contributed by atoms with Gasteiger partial charge in [0.05, 0.1) is 23.8 Å². The fraction of sp³-hybridized carbons (Fsp3) is 0.182. The Bertz CT molecular complexity index is 1400. The van der Waals surface area contributed by atoms with Gasteiger partial charge in [-0.25, -0.2) is 4.98 Å². The van der Waals surface area contributed by atoms with E-state index in [-0.39, 0.29) is 12.0 Å². The second-order valence-corrected chi connectivity index (χ2v) is 9.63. The van der Waals surface area contributed by atoms with Crippen LogP contribution < -0.4 is 9.47 Å². The standard InChI is InChI=1S/C33H30ClNO3/c1-3-24-19-23(2)30(36-20-24)29-31(37-21-25-13-7-4-8-14-25)28(27-17-11-6-12-18-27)32(34)35-33(29)38-22-26-15-9-5-10-16-26/h3-19,23,30H,1,20-22H2,2H3/t23-,30-/m1/s1. The molecular weight excluding hydrogens is 494 g/mol. The molecule has 5 heteroatoms. The van der Waals surface area contributed by atoms with Crippen molar-refractivity contribution in [1.82, 2.24) is 4.98 Å². The molecule has 2 atom stereocenters.